The first-order valence-electron chi connectivity index (χ1n) is 7.67. The number of phenolic OH excluding ortho intramolecular Hbond substituents is 1. The van der Waals surface area contributed by atoms with E-state index in [0.29, 0.717) is 18.5 Å². The number of aromatic hydroxyl groups is 1. The zero-order valence-corrected chi connectivity index (χ0v) is 15.7. The maximum Gasteiger partial charge on any atom is 0.310 e. The first-order chi connectivity index (χ1) is 10.5. The smallest absolute Gasteiger partial charge is 0.310 e. The number of benzene rings is 1. The number of aldehydes is 1. The van der Waals surface area contributed by atoms with Crippen LogP contribution >= 0.6 is 0 Å². The van der Waals surface area contributed by atoms with Gasteiger partial charge in [0.1, 0.15) is 11.5 Å². The van der Waals surface area contributed by atoms with Crippen LogP contribution in [0.3, 0.4) is 0 Å². The molecule has 0 aliphatic carbocycles. The molecule has 1 aromatic rings. The Hall–Kier alpha value is -1.66. The molecule has 0 atom stereocenters. The minimum absolute atomic E-state index is 0.0729. The summed E-state index contributed by atoms with van der Waals surface area (Å²) >= 11 is 0. The van der Waals surface area contributed by atoms with Crippen molar-refractivity contribution in [1.29, 1.82) is 0 Å². The number of rotatable bonds is 6. The molecule has 128 valence electrons. The molecule has 1 aromatic carbocycles. The summed E-state index contributed by atoms with van der Waals surface area (Å²) in [7, 11) is -2.10. The van der Waals surface area contributed by atoms with Crippen LogP contribution in [0.2, 0.25) is 19.1 Å². The van der Waals surface area contributed by atoms with Gasteiger partial charge >= 0.3 is 5.97 Å². The third-order valence-corrected chi connectivity index (χ3v) is 5.59. The topological polar surface area (TPSA) is 72.8 Å². The molecular weight excluding hydrogens is 312 g/mol. The molecule has 5 nitrogen and oxygen atoms in total. The minimum atomic E-state index is -2.10. The third-order valence-electron chi connectivity index (χ3n) is 3.38. The zero-order valence-electron chi connectivity index (χ0n) is 14.7. The number of ether oxygens (including phenoxy) is 1. The van der Waals surface area contributed by atoms with Gasteiger partial charge < -0.3 is 14.3 Å². The lowest BCUT2D eigenvalue weighted by molar-refractivity contribution is -0.132. The van der Waals surface area contributed by atoms with E-state index in [0.717, 1.165) is 0 Å². The first-order valence-corrected chi connectivity index (χ1v) is 10.8. The van der Waals surface area contributed by atoms with Crippen LogP contribution in [0.25, 0.3) is 0 Å². The Morgan fingerprint density at radius 2 is 1.91 bits per heavy atom. The molecule has 0 aromatic heterocycles. The summed E-state index contributed by atoms with van der Waals surface area (Å²) in [6.45, 7) is 12.1. The van der Waals surface area contributed by atoms with Crippen LogP contribution < -0.4 is 4.74 Å². The highest BCUT2D eigenvalue weighted by Crippen LogP contribution is 2.36. The van der Waals surface area contributed by atoms with Gasteiger partial charge in [0.15, 0.2) is 14.6 Å². The summed E-state index contributed by atoms with van der Waals surface area (Å²) in [5.41, 5.74) is 0.289. The molecular formula is C17H26O5Si. The van der Waals surface area contributed by atoms with E-state index < -0.39 is 14.3 Å². The fourth-order valence-corrected chi connectivity index (χ4v) is 3.96. The summed E-state index contributed by atoms with van der Waals surface area (Å²) < 4.78 is 11.0. The van der Waals surface area contributed by atoms with Gasteiger partial charge in [0.2, 0.25) is 0 Å². The van der Waals surface area contributed by atoms with Crippen molar-refractivity contribution in [2.45, 2.75) is 52.2 Å². The summed E-state index contributed by atoms with van der Waals surface area (Å²) in [5.74, 6) is -0.199. The fourth-order valence-electron chi connectivity index (χ4n) is 2.31. The third kappa shape index (κ3) is 5.48. The highest BCUT2D eigenvalue weighted by Gasteiger charge is 2.28. The van der Waals surface area contributed by atoms with E-state index in [-0.39, 0.29) is 28.5 Å². The van der Waals surface area contributed by atoms with Gasteiger partial charge in [0.25, 0.3) is 0 Å². The van der Waals surface area contributed by atoms with Gasteiger partial charge in [0.05, 0.1) is 11.6 Å². The van der Waals surface area contributed by atoms with Crippen LogP contribution in [0.5, 0.6) is 11.5 Å². The number of hydrogen-bond donors (Lipinski definition) is 1. The minimum Gasteiger partial charge on any atom is -0.507 e. The Bertz CT molecular complexity index is 587. The number of carbonyl (C=O) groups excluding carboxylic acids is 2. The van der Waals surface area contributed by atoms with Crippen molar-refractivity contribution in [1.82, 2.24) is 0 Å². The quantitative estimate of drug-likeness (QED) is 0.371. The fraction of sp³-hybridized carbons (Fsp3) is 0.529. The molecule has 23 heavy (non-hydrogen) atoms. The number of esters is 1. The standard InChI is InChI=1S/C17H26O5Si/c1-7-21-23(5,6)11-15(19)22-13-8-12(10-18)16(20)14(9-13)17(2,3)4/h8-10,20H,7,11H2,1-6H3. The van der Waals surface area contributed by atoms with Crippen molar-refractivity contribution in [3.63, 3.8) is 0 Å². The van der Waals surface area contributed by atoms with Crippen LogP contribution in [0.4, 0.5) is 0 Å². The van der Waals surface area contributed by atoms with Crippen molar-refractivity contribution in [3.8, 4) is 11.5 Å². The second-order valence-electron chi connectivity index (χ2n) is 7.12. The first kappa shape index (κ1) is 19.4. The Kier molecular flexibility index (Phi) is 6.13. The lowest BCUT2D eigenvalue weighted by atomic mass is 9.85. The Morgan fingerprint density at radius 1 is 1.30 bits per heavy atom. The highest BCUT2D eigenvalue weighted by atomic mass is 28.4. The molecule has 0 bridgehead atoms. The largest absolute Gasteiger partial charge is 0.507 e. The molecule has 1 rings (SSSR count). The summed E-state index contributed by atoms with van der Waals surface area (Å²) in [6.07, 6.45) is 0.556. The highest BCUT2D eigenvalue weighted by molar-refractivity contribution is 6.73. The number of phenols is 1. The van der Waals surface area contributed by atoms with Crippen molar-refractivity contribution >= 4 is 20.6 Å². The van der Waals surface area contributed by atoms with E-state index in [4.69, 9.17) is 9.16 Å². The molecule has 1 N–H and O–H groups in total. The molecule has 0 unspecified atom stereocenters. The van der Waals surface area contributed by atoms with E-state index in [1.165, 1.54) is 6.07 Å². The van der Waals surface area contributed by atoms with E-state index in [1.54, 1.807) is 6.07 Å². The summed E-state index contributed by atoms with van der Waals surface area (Å²) in [6, 6.07) is 3.21. The van der Waals surface area contributed by atoms with Crippen molar-refractivity contribution in [2.24, 2.45) is 0 Å². The molecule has 0 fully saturated rings. The Balaban J connectivity index is 3.05. The molecule has 0 spiro atoms. The molecule has 0 saturated heterocycles. The molecule has 6 heteroatoms. The summed E-state index contributed by atoms with van der Waals surface area (Å²) in [5, 5.41) is 10.2. The Morgan fingerprint density at radius 3 is 2.39 bits per heavy atom. The molecule has 0 amide bonds. The second kappa shape index (κ2) is 7.27. The van der Waals surface area contributed by atoms with E-state index in [9.17, 15) is 14.7 Å². The molecule has 0 radical (unpaired) electrons. The van der Waals surface area contributed by atoms with Crippen LogP contribution in [-0.4, -0.2) is 32.3 Å². The van der Waals surface area contributed by atoms with E-state index in [1.807, 2.05) is 40.8 Å². The van der Waals surface area contributed by atoms with Gasteiger partial charge in [-0.25, -0.2) is 0 Å². The predicted molar refractivity (Wildman–Crippen MR) is 91.7 cm³/mol. The second-order valence-corrected chi connectivity index (χ2v) is 11.3. The van der Waals surface area contributed by atoms with Crippen LogP contribution in [0, 0.1) is 0 Å². The molecule has 0 aliphatic rings. The molecule has 0 aliphatic heterocycles. The van der Waals surface area contributed by atoms with E-state index in [2.05, 4.69) is 0 Å². The van der Waals surface area contributed by atoms with Crippen molar-refractivity contribution in [3.05, 3.63) is 23.3 Å². The van der Waals surface area contributed by atoms with Gasteiger partial charge in [-0.2, -0.15) is 0 Å². The average Bonchev–Trinajstić information content (AvgIpc) is 2.38. The van der Waals surface area contributed by atoms with Gasteiger partial charge in [-0.05, 0) is 37.6 Å². The van der Waals surface area contributed by atoms with Gasteiger partial charge in [-0.3, -0.25) is 9.59 Å². The summed E-state index contributed by atoms with van der Waals surface area (Å²) in [4.78, 5) is 23.3. The SMILES string of the molecule is CCO[Si](C)(C)CC(=O)Oc1cc(C=O)c(O)c(C(C)(C)C)c1. The van der Waals surface area contributed by atoms with Crippen molar-refractivity contribution < 1.29 is 23.9 Å². The normalized spacial score (nSPS) is 12.1. The van der Waals surface area contributed by atoms with Gasteiger partial charge in [-0.1, -0.05) is 20.8 Å². The Labute approximate surface area is 138 Å². The van der Waals surface area contributed by atoms with Gasteiger partial charge in [-0.15, -0.1) is 0 Å². The van der Waals surface area contributed by atoms with Crippen LogP contribution in [-0.2, 0) is 14.6 Å². The predicted octanol–water partition coefficient (Wildman–Crippen LogP) is 3.65. The zero-order chi connectivity index (χ0) is 17.8. The maximum atomic E-state index is 12.1. The monoisotopic (exact) mass is 338 g/mol. The average molecular weight is 338 g/mol. The van der Waals surface area contributed by atoms with E-state index >= 15 is 0 Å². The van der Waals surface area contributed by atoms with Crippen LogP contribution in [0.15, 0.2) is 12.1 Å². The maximum absolute atomic E-state index is 12.1. The lowest BCUT2D eigenvalue weighted by Gasteiger charge is -2.23. The number of carbonyl (C=O) groups is 2. The van der Waals surface area contributed by atoms with Crippen LogP contribution in [0.1, 0.15) is 43.6 Å². The molecule has 0 saturated carbocycles. The van der Waals surface area contributed by atoms with Gasteiger partial charge in [0, 0.05) is 12.2 Å². The molecule has 0 heterocycles. The number of hydrogen-bond acceptors (Lipinski definition) is 5. The van der Waals surface area contributed by atoms with Crippen molar-refractivity contribution in [2.75, 3.05) is 6.61 Å². The lowest BCUT2D eigenvalue weighted by Crippen LogP contribution is -2.34.